The van der Waals surface area contributed by atoms with Crippen molar-refractivity contribution in [2.75, 3.05) is 26.2 Å². The third-order valence-corrected chi connectivity index (χ3v) is 7.62. The second kappa shape index (κ2) is 27.3. The van der Waals surface area contributed by atoms with E-state index in [0.29, 0.717) is 13.1 Å². The molecule has 1 atom stereocenters. The highest BCUT2D eigenvalue weighted by Gasteiger charge is 2.18. The van der Waals surface area contributed by atoms with Crippen LogP contribution in [-0.4, -0.2) is 38.0 Å². The average Bonchev–Trinajstić information content (AvgIpc) is 2.96. The molecule has 230 valence electrons. The number of amides is 2. The van der Waals surface area contributed by atoms with Crippen LogP contribution >= 0.6 is 0 Å². The molecule has 6 nitrogen and oxygen atoms in total. The minimum atomic E-state index is -0.324. The van der Waals surface area contributed by atoms with Crippen molar-refractivity contribution >= 4 is 11.8 Å². The van der Waals surface area contributed by atoms with Crippen molar-refractivity contribution < 1.29 is 9.59 Å². The molecule has 1 aromatic carbocycles. The van der Waals surface area contributed by atoms with Crippen molar-refractivity contribution in [2.45, 2.75) is 141 Å². The number of hydrogen-bond acceptors (Lipinski definition) is 4. The van der Waals surface area contributed by atoms with Gasteiger partial charge in [0.15, 0.2) is 0 Å². The average molecular weight is 559 g/mol. The van der Waals surface area contributed by atoms with E-state index >= 15 is 0 Å². The van der Waals surface area contributed by atoms with Gasteiger partial charge in [0.05, 0.1) is 19.0 Å². The van der Waals surface area contributed by atoms with E-state index < -0.39 is 0 Å². The molecule has 2 amide bonds. The minimum Gasteiger partial charge on any atom is -0.356 e. The standard InChI is InChI=1S/C34H62N4O2/c1-2-3-4-5-6-7-8-9-10-11-12-13-14-15-16-22-27-36-30-34(40)38-32(31-24-19-17-20-25-31)29-33(39)37-28-23-18-21-26-35/h17,19-20,24-25,32,36H,2-16,18,21-23,26-30,35H2,1H3,(H,37,39)(H,38,40). The van der Waals surface area contributed by atoms with Gasteiger partial charge in [0.2, 0.25) is 11.8 Å². The first-order valence-electron chi connectivity index (χ1n) is 16.7. The summed E-state index contributed by atoms with van der Waals surface area (Å²) in [5.74, 6) is -0.107. The van der Waals surface area contributed by atoms with E-state index in [1.807, 2.05) is 30.3 Å². The first-order chi connectivity index (χ1) is 19.7. The number of hydrogen-bond donors (Lipinski definition) is 4. The summed E-state index contributed by atoms with van der Waals surface area (Å²) in [6.07, 6.45) is 24.9. The molecule has 6 heteroatoms. The van der Waals surface area contributed by atoms with Gasteiger partial charge in [-0.2, -0.15) is 0 Å². The van der Waals surface area contributed by atoms with Crippen LogP contribution in [0.4, 0.5) is 0 Å². The lowest BCUT2D eigenvalue weighted by Gasteiger charge is -2.19. The first kappa shape index (κ1) is 36.1. The van der Waals surface area contributed by atoms with Crippen molar-refractivity contribution in [1.82, 2.24) is 16.0 Å². The van der Waals surface area contributed by atoms with E-state index in [1.165, 1.54) is 96.3 Å². The molecule has 0 bridgehead atoms. The number of unbranched alkanes of at least 4 members (excludes halogenated alkanes) is 17. The molecular weight excluding hydrogens is 496 g/mol. The highest BCUT2D eigenvalue weighted by molar-refractivity contribution is 5.81. The quantitative estimate of drug-likeness (QED) is 0.0810. The molecule has 0 spiro atoms. The van der Waals surface area contributed by atoms with E-state index in [0.717, 1.165) is 37.8 Å². The molecule has 5 N–H and O–H groups in total. The van der Waals surface area contributed by atoms with Gasteiger partial charge in [-0.15, -0.1) is 0 Å². The summed E-state index contributed by atoms with van der Waals surface area (Å²) >= 11 is 0. The number of nitrogens with two attached hydrogens (primary N) is 1. The SMILES string of the molecule is CCCCCCCCCCCCCCCCCCNCC(=O)NC(CC(=O)NCCCCCN)c1ccccc1. The third kappa shape index (κ3) is 21.8. The molecule has 0 saturated heterocycles. The van der Waals surface area contributed by atoms with Crippen molar-refractivity contribution in [1.29, 1.82) is 0 Å². The van der Waals surface area contributed by atoms with Crippen LogP contribution in [0.15, 0.2) is 30.3 Å². The topological polar surface area (TPSA) is 96.2 Å². The number of nitrogens with one attached hydrogen (secondary N) is 3. The molecule has 1 rings (SSSR count). The first-order valence-corrected chi connectivity index (χ1v) is 16.7. The third-order valence-electron chi connectivity index (χ3n) is 7.62. The zero-order chi connectivity index (χ0) is 28.9. The van der Waals surface area contributed by atoms with E-state index in [4.69, 9.17) is 5.73 Å². The van der Waals surface area contributed by atoms with Crippen LogP contribution in [-0.2, 0) is 9.59 Å². The van der Waals surface area contributed by atoms with Gasteiger partial charge in [-0.3, -0.25) is 9.59 Å². The van der Waals surface area contributed by atoms with Gasteiger partial charge in [0.1, 0.15) is 0 Å². The molecule has 0 heterocycles. The van der Waals surface area contributed by atoms with E-state index in [2.05, 4.69) is 22.9 Å². The summed E-state index contributed by atoms with van der Waals surface area (Å²) in [7, 11) is 0. The Morgan fingerprint density at radius 1 is 0.650 bits per heavy atom. The van der Waals surface area contributed by atoms with Crippen LogP contribution in [0.1, 0.15) is 147 Å². The van der Waals surface area contributed by atoms with Gasteiger partial charge < -0.3 is 21.7 Å². The smallest absolute Gasteiger partial charge is 0.234 e. The predicted molar refractivity (Wildman–Crippen MR) is 170 cm³/mol. The lowest BCUT2D eigenvalue weighted by molar-refractivity contribution is -0.123. The molecular formula is C34H62N4O2. The largest absolute Gasteiger partial charge is 0.356 e. The highest BCUT2D eigenvalue weighted by atomic mass is 16.2. The molecule has 0 saturated carbocycles. The van der Waals surface area contributed by atoms with Gasteiger partial charge in [-0.05, 0) is 37.9 Å². The molecule has 0 aliphatic heterocycles. The Hall–Kier alpha value is -1.92. The number of rotatable bonds is 28. The Kier molecular flexibility index (Phi) is 24.6. The number of carbonyl (C=O) groups excluding carboxylic acids is 2. The second-order valence-corrected chi connectivity index (χ2v) is 11.4. The maximum absolute atomic E-state index is 12.6. The van der Waals surface area contributed by atoms with Gasteiger partial charge in [0.25, 0.3) is 0 Å². The van der Waals surface area contributed by atoms with Crippen LogP contribution in [0.5, 0.6) is 0 Å². The Balaban J connectivity index is 2.05. The lowest BCUT2D eigenvalue weighted by Crippen LogP contribution is -2.39. The number of carbonyl (C=O) groups is 2. The van der Waals surface area contributed by atoms with Crippen molar-refractivity contribution in [3.8, 4) is 0 Å². The van der Waals surface area contributed by atoms with Gasteiger partial charge in [-0.1, -0.05) is 140 Å². The maximum Gasteiger partial charge on any atom is 0.234 e. The summed E-state index contributed by atoms with van der Waals surface area (Å²) in [5.41, 5.74) is 6.48. The molecule has 0 fully saturated rings. The highest BCUT2D eigenvalue weighted by Crippen LogP contribution is 2.17. The molecule has 40 heavy (non-hydrogen) atoms. The zero-order valence-corrected chi connectivity index (χ0v) is 25.8. The Labute approximate surface area is 246 Å². The van der Waals surface area contributed by atoms with Crippen molar-refractivity contribution in [3.05, 3.63) is 35.9 Å². The van der Waals surface area contributed by atoms with Gasteiger partial charge >= 0.3 is 0 Å². The summed E-state index contributed by atoms with van der Waals surface area (Å²) < 4.78 is 0. The Morgan fingerprint density at radius 3 is 1.70 bits per heavy atom. The molecule has 1 unspecified atom stereocenters. The monoisotopic (exact) mass is 558 g/mol. The van der Waals surface area contributed by atoms with Crippen LogP contribution in [0.2, 0.25) is 0 Å². The fraction of sp³-hybridized carbons (Fsp3) is 0.765. The summed E-state index contributed by atoms with van der Waals surface area (Å²) in [6, 6.07) is 9.42. The minimum absolute atomic E-state index is 0.0389. The fourth-order valence-corrected chi connectivity index (χ4v) is 5.11. The van der Waals surface area contributed by atoms with E-state index in [9.17, 15) is 9.59 Å². The lowest BCUT2D eigenvalue weighted by atomic mass is 10.0. The van der Waals surface area contributed by atoms with Crippen molar-refractivity contribution in [2.24, 2.45) is 5.73 Å². The summed E-state index contributed by atoms with van der Waals surface area (Å²) in [5, 5.41) is 9.30. The summed E-state index contributed by atoms with van der Waals surface area (Å²) in [6.45, 7) is 4.75. The van der Waals surface area contributed by atoms with Crippen LogP contribution in [0.25, 0.3) is 0 Å². The van der Waals surface area contributed by atoms with Gasteiger partial charge in [-0.25, -0.2) is 0 Å². The van der Waals surface area contributed by atoms with Crippen LogP contribution in [0, 0.1) is 0 Å². The molecule has 0 aromatic heterocycles. The summed E-state index contributed by atoms with van der Waals surface area (Å²) in [4.78, 5) is 25.1. The van der Waals surface area contributed by atoms with Crippen LogP contribution in [0.3, 0.4) is 0 Å². The van der Waals surface area contributed by atoms with E-state index in [-0.39, 0.29) is 30.8 Å². The Bertz CT molecular complexity index is 713. The van der Waals surface area contributed by atoms with E-state index in [1.54, 1.807) is 0 Å². The predicted octanol–water partition coefficient (Wildman–Crippen LogP) is 7.33. The molecule has 0 aliphatic rings. The Morgan fingerprint density at radius 2 is 1.15 bits per heavy atom. The second-order valence-electron chi connectivity index (χ2n) is 11.4. The fourth-order valence-electron chi connectivity index (χ4n) is 5.11. The van der Waals surface area contributed by atoms with Crippen molar-refractivity contribution in [3.63, 3.8) is 0 Å². The number of benzene rings is 1. The maximum atomic E-state index is 12.6. The molecule has 0 radical (unpaired) electrons. The van der Waals surface area contributed by atoms with Gasteiger partial charge in [0, 0.05) is 6.54 Å². The molecule has 0 aliphatic carbocycles. The normalized spacial score (nSPS) is 11.8. The van der Waals surface area contributed by atoms with Crippen LogP contribution < -0.4 is 21.7 Å². The zero-order valence-electron chi connectivity index (χ0n) is 25.8. The molecule has 1 aromatic rings.